The number of carboxylic acid groups (broad SMARTS) is 1. The maximum atomic E-state index is 12.9. The van der Waals surface area contributed by atoms with Crippen LogP contribution in [0.25, 0.3) is 11.1 Å². The highest BCUT2D eigenvalue weighted by atomic mass is 16.5. The van der Waals surface area contributed by atoms with Crippen molar-refractivity contribution in [2.45, 2.75) is 68.9 Å². The Hall–Kier alpha value is -3.35. The van der Waals surface area contributed by atoms with Crippen molar-refractivity contribution in [1.29, 1.82) is 0 Å². The van der Waals surface area contributed by atoms with Crippen LogP contribution in [0.1, 0.15) is 68.4 Å². The first-order valence-corrected chi connectivity index (χ1v) is 12.6. The molecule has 184 valence electrons. The van der Waals surface area contributed by atoms with E-state index in [-0.39, 0.29) is 30.9 Å². The van der Waals surface area contributed by atoms with Crippen molar-refractivity contribution in [1.82, 2.24) is 10.6 Å². The highest BCUT2D eigenvalue weighted by molar-refractivity contribution is 5.81. The average Bonchev–Trinajstić information content (AvgIpc) is 3.56. The third-order valence-corrected chi connectivity index (χ3v) is 7.95. The largest absolute Gasteiger partial charge is 0.481 e. The molecule has 3 aliphatic carbocycles. The summed E-state index contributed by atoms with van der Waals surface area (Å²) in [5.74, 6) is -1.62. The molecule has 0 bridgehead atoms. The number of amides is 2. The number of carbonyl (C=O) groups is 3. The van der Waals surface area contributed by atoms with Gasteiger partial charge in [-0.1, -0.05) is 67.8 Å². The van der Waals surface area contributed by atoms with Gasteiger partial charge in [0.25, 0.3) is 0 Å². The first-order chi connectivity index (χ1) is 17.0. The molecule has 2 aromatic carbocycles. The van der Waals surface area contributed by atoms with E-state index < -0.39 is 23.5 Å². The quantitative estimate of drug-likeness (QED) is 0.542. The number of ether oxygens (including phenoxy) is 1. The smallest absolute Gasteiger partial charge is 0.407 e. The SMILES string of the molecule is O=C(CC1(NC(=O)OCC2c3ccccc3-c3ccccc32)CCCC1)N[C@H]1CCC[C@H]1C(=O)O. The minimum atomic E-state index is -0.861. The molecule has 2 fully saturated rings. The van der Waals surface area contributed by atoms with Crippen molar-refractivity contribution in [3.05, 3.63) is 59.7 Å². The predicted molar refractivity (Wildman–Crippen MR) is 131 cm³/mol. The maximum Gasteiger partial charge on any atom is 0.407 e. The summed E-state index contributed by atoms with van der Waals surface area (Å²) in [5, 5.41) is 15.3. The Morgan fingerprint density at radius 1 is 0.914 bits per heavy atom. The van der Waals surface area contributed by atoms with Gasteiger partial charge in [0.05, 0.1) is 11.5 Å². The van der Waals surface area contributed by atoms with Crippen LogP contribution >= 0.6 is 0 Å². The minimum Gasteiger partial charge on any atom is -0.481 e. The summed E-state index contributed by atoms with van der Waals surface area (Å²) in [6, 6.07) is 16.1. The minimum absolute atomic E-state index is 0.0219. The van der Waals surface area contributed by atoms with E-state index in [1.807, 2.05) is 24.3 Å². The fourth-order valence-corrected chi connectivity index (χ4v) is 6.24. The zero-order valence-corrected chi connectivity index (χ0v) is 19.8. The Balaban J connectivity index is 1.21. The molecule has 0 radical (unpaired) electrons. The Kier molecular flexibility index (Phi) is 6.50. The molecule has 35 heavy (non-hydrogen) atoms. The van der Waals surface area contributed by atoms with E-state index in [0.29, 0.717) is 25.7 Å². The van der Waals surface area contributed by atoms with Crippen LogP contribution in [0.4, 0.5) is 4.79 Å². The van der Waals surface area contributed by atoms with E-state index in [0.717, 1.165) is 30.4 Å². The molecule has 3 aliphatic rings. The van der Waals surface area contributed by atoms with Crippen molar-refractivity contribution < 1.29 is 24.2 Å². The van der Waals surface area contributed by atoms with E-state index >= 15 is 0 Å². The second-order valence-electron chi connectivity index (χ2n) is 10.2. The summed E-state index contributed by atoms with van der Waals surface area (Å²) in [4.78, 5) is 37.2. The summed E-state index contributed by atoms with van der Waals surface area (Å²) >= 11 is 0. The molecular formula is C28H32N2O5. The Morgan fingerprint density at radius 3 is 2.17 bits per heavy atom. The number of alkyl carbamates (subject to hydrolysis) is 1. The fourth-order valence-electron chi connectivity index (χ4n) is 6.24. The lowest BCUT2D eigenvalue weighted by molar-refractivity contribution is -0.142. The molecule has 0 unspecified atom stereocenters. The first-order valence-electron chi connectivity index (χ1n) is 12.6. The lowest BCUT2D eigenvalue weighted by atomic mass is 9.92. The molecule has 0 saturated heterocycles. The number of hydrogen-bond acceptors (Lipinski definition) is 4. The van der Waals surface area contributed by atoms with Crippen LogP contribution in [0.3, 0.4) is 0 Å². The second kappa shape index (κ2) is 9.72. The van der Waals surface area contributed by atoms with Gasteiger partial charge in [0, 0.05) is 18.4 Å². The van der Waals surface area contributed by atoms with Crippen LogP contribution in [0.2, 0.25) is 0 Å². The number of rotatable bonds is 7. The summed E-state index contributed by atoms with van der Waals surface area (Å²) in [6.07, 6.45) is 4.96. The van der Waals surface area contributed by atoms with Crippen molar-refractivity contribution in [3.8, 4) is 11.1 Å². The number of carbonyl (C=O) groups excluding carboxylic acids is 2. The summed E-state index contributed by atoms with van der Waals surface area (Å²) < 4.78 is 5.73. The van der Waals surface area contributed by atoms with Crippen molar-refractivity contribution in [2.24, 2.45) is 5.92 Å². The van der Waals surface area contributed by atoms with Crippen LogP contribution in [-0.4, -0.2) is 41.3 Å². The highest BCUT2D eigenvalue weighted by Gasteiger charge is 2.40. The van der Waals surface area contributed by atoms with Crippen LogP contribution in [0, 0.1) is 5.92 Å². The van der Waals surface area contributed by atoms with Gasteiger partial charge in [0.15, 0.2) is 0 Å². The predicted octanol–water partition coefficient (Wildman–Crippen LogP) is 4.60. The normalized spacial score (nSPS) is 22.3. The topological polar surface area (TPSA) is 105 Å². The van der Waals surface area contributed by atoms with E-state index in [2.05, 4.69) is 34.9 Å². The molecular weight excluding hydrogens is 444 g/mol. The van der Waals surface area contributed by atoms with E-state index in [1.165, 1.54) is 11.1 Å². The van der Waals surface area contributed by atoms with Crippen LogP contribution in [0.5, 0.6) is 0 Å². The molecule has 2 atom stereocenters. The van der Waals surface area contributed by atoms with Gasteiger partial charge >= 0.3 is 12.1 Å². The Bertz CT molecular complexity index is 1080. The number of aliphatic carboxylic acids is 1. The van der Waals surface area contributed by atoms with Crippen molar-refractivity contribution in [2.75, 3.05) is 6.61 Å². The van der Waals surface area contributed by atoms with Gasteiger partial charge in [0.1, 0.15) is 6.61 Å². The molecule has 7 nitrogen and oxygen atoms in total. The van der Waals surface area contributed by atoms with Gasteiger partial charge in [-0.25, -0.2) is 4.79 Å². The molecule has 7 heteroatoms. The van der Waals surface area contributed by atoms with Gasteiger partial charge < -0.3 is 20.5 Å². The van der Waals surface area contributed by atoms with E-state index in [1.54, 1.807) is 0 Å². The Morgan fingerprint density at radius 2 is 1.54 bits per heavy atom. The average molecular weight is 477 g/mol. The van der Waals surface area contributed by atoms with Gasteiger partial charge in [0.2, 0.25) is 5.91 Å². The number of fused-ring (bicyclic) bond motifs is 3. The summed E-state index contributed by atoms with van der Waals surface area (Å²) in [6.45, 7) is 0.227. The molecule has 2 saturated carbocycles. The number of hydrogen-bond donors (Lipinski definition) is 3. The van der Waals surface area contributed by atoms with Gasteiger partial charge in [-0.2, -0.15) is 0 Å². The third-order valence-electron chi connectivity index (χ3n) is 7.95. The molecule has 2 amide bonds. The molecule has 0 heterocycles. The number of benzene rings is 2. The lowest BCUT2D eigenvalue weighted by Gasteiger charge is -2.30. The zero-order chi connectivity index (χ0) is 24.4. The van der Waals surface area contributed by atoms with Crippen molar-refractivity contribution in [3.63, 3.8) is 0 Å². The molecule has 5 rings (SSSR count). The van der Waals surface area contributed by atoms with Gasteiger partial charge in [-0.05, 0) is 47.9 Å². The standard InChI is InChI=1S/C28H32N2O5/c31-25(29-24-13-7-12-22(24)26(32)33)16-28(14-5-6-15-28)30-27(34)35-17-23-20-10-3-1-8-18(20)19-9-2-4-11-21(19)23/h1-4,8-11,22-24H,5-7,12-17H2,(H,29,31)(H,30,34)(H,32,33)/t22-,24+/m1/s1. The zero-order valence-electron chi connectivity index (χ0n) is 19.8. The maximum absolute atomic E-state index is 12.9. The van der Waals surface area contributed by atoms with Crippen molar-refractivity contribution >= 4 is 18.0 Å². The van der Waals surface area contributed by atoms with Crippen LogP contribution in [-0.2, 0) is 14.3 Å². The fraction of sp³-hybridized carbons (Fsp3) is 0.464. The van der Waals surface area contributed by atoms with E-state index in [9.17, 15) is 19.5 Å². The monoisotopic (exact) mass is 476 g/mol. The number of nitrogens with one attached hydrogen (secondary N) is 2. The molecule has 0 spiro atoms. The molecule has 0 aromatic heterocycles. The second-order valence-corrected chi connectivity index (χ2v) is 10.2. The third kappa shape index (κ3) is 4.77. The van der Waals surface area contributed by atoms with Gasteiger partial charge in [-0.3, -0.25) is 9.59 Å². The number of carboxylic acids is 1. The molecule has 0 aliphatic heterocycles. The summed E-state index contributed by atoms with van der Waals surface area (Å²) in [5.41, 5.74) is 4.01. The first kappa shape index (κ1) is 23.4. The van der Waals surface area contributed by atoms with Crippen LogP contribution < -0.4 is 10.6 Å². The van der Waals surface area contributed by atoms with Gasteiger partial charge in [-0.15, -0.1) is 0 Å². The van der Waals surface area contributed by atoms with E-state index in [4.69, 9.17) is 4.74 Å². The highest BCUT2D eigenvalue weighted by Crippen LogP contribution is 2.44. The molecule has 3 N–H and O–H groups in total. The van der Waals surface area contributed by atoms with Crippen LogP contribution in [0.15, 0.2) is 48.5 Å². The Labute approximate surface area is 205 Å². The summed E-state index contributed by atoms with van der Waals surface area (Å²) in [7, 11) is 0. The molecule has 2 aromatic rings. The lowest BCUT2D eigenvalue weighted by Crippen LogP contribution is -2.51.